The highest BCUT2D eigenvalue weighted by atomic mass is 16.5. The van der Waals surface area contributed by atoms with Gasteiger partial charge in [-0.3, -0.25) is 15.0 Å². The minimum absolute atomic E-state index is 0.231. The zero-order valence-electron chi connectivity index (χ0n) is 20.6. The Kier molecular flexibility index (Phi) is 4.62. The molecule has 1 aliphatic carbocycles. The van der Waals surface area contributed by atoms with Crippen molar-refractivity contribution in [3.63, 3.8) is 0 Å². The Bertz CT molecular complexity index is 1830. The van der Waals surface area contributed by atoms with Crippen molar-refractivity contribution in [2.24, 2.45) is 0 Å². The molecule has 38 heavy (non-hydrogen) atoms. The standard InChI is InChI=1S/C30H21N5O3/c1-17-26(18(2)38-34-17)21-14-24-27(33-15-21)22(19-8-10-20(11-9-19)29(36)37)16-35(24)30(25-7-3-4-12-31-25)23-6-5-13-32-28(23)30/h3-16H,1-2H3,(H,36,37). The third-order valence-electron chi connectivity index (χ3n) is 7.28. The van der Waals surface area contributed by atoms with Crippen molar-refractivity contribution in [2.75, 3.05) is 0 Å². The smallest absolute Gasteiger partial charge is 0.335 e. The molecule has 0 spiro atoms. The number of hydrogen-bond acceptors (Lipinski definition) is 6. The van der Waals surface area contributed by atoms with Gasteiger partial charge in [0.1, 0.15) is 5.76 Å². The predicted molar refractivity (Wildman–Crippen MR) is 141 cm³/mol. The highest BCUT2D eigenvalue weighted by Gasteiger charge is 2.57. The summed E-state index contributed by atoms with van der Waals surface area (Å²) in [6.07, 6.45) is 7.50. The van der Waals surface area contributed by atoms with E-state index in [2.05, 4.69) is 28.1 Å². The fraction of sp³-hybridized carbons (Fsp3) is 0.100. The van der Waals surface area contributed by atoms with Crippen LogP contribution in [0.2, 0.25) is 0 Å². The van der Waals surface area contributed by atoms with Crippen molar-refractivity contribution in [1.82, 2.24) is 24.7 Å². The van der Waals surface area contributed by atoms with Crippen LogP contribution < -0.4 is 0 Å². The van der Waals surface area contributed by atoms with Crippen molar-refractivity contribution >= 4 is 17.0 Å². The summed E-state index contributed by atoms with van der Waals surface area (Å²) in [5.74, 6) is -0.239. The molecule has 1 atom stereocenters. The highest BCUT2D eigenvalue weighted by molar-refractivity contribution is 5.97. The highest BCUT2D eigenvalue weighted by Crippen LogP contribution is 2.55. The number of rotatable bonds is 5. The van der Waals surface area contributed by atoms with Crippen LogP contribution in [0.15, 0.2) is 90.0 Å². The average Bonchev–Trinajstić information content (AvgIpc) is 3.28. The first kappa shape index (κ1) is 22.1. The normalized spacial score (nSPS) is 15.9. The molecule has 0 bridgehead atoms. The van der Waals surface area contributed by atoms with Gasteiger partial charge < -0.3 is 14.2 Å². The summed E-state index contributed by atoms with van der Waals surface area (Å²) < 4.78 is 7.64. The van der Waals surface area contributed by atoms with Crippen LogP contribution in [-0.2, 0) is 5.54 Å². The summed E-state index contributed by atoms with van der Waals surface area (Å²) in [5.41, 5.74) is 8.46. The van der Waals surface area contributed by atoms with Gasteiger partial charge in [-0.15, -0.1) is 0 Å². The maximum atomic E-state index is 11.4. The van der Waals surface area contributed by atoms with Gasteiger partial charge in [0.2, 0.25) is 0 Å². The molecule has 1 aliphatic rings. The molecule has 0 saturated carbocycles. The first-order valence-corrected chi connectivity index (χ1v) is 12.2. The summed E-state index contributed by atoms with van der Waals surface area (Å²) >= 11 is 0. The van der Waals surface area contributed by atoms with Crippen molar-refractivity contribution in [3.8, 4) is 22.3 Å². The van der Waals surface area contributed by atoms with Gasteiger partial charge >= 0.3 is 5.97 Å². The number of fused-ring (bicyclic) bond motifs is 2. The second kappa shape index (κ2) is 7.94. The van der Waals surface area contributed by atoms with E-state index in [0.29, 0.717) is 0 Å². The minimum atomic E-state index is -0.963. The van der Waals surface area contributed by atoms with Crippen LogP contribution in [0.3, 0.4) is 0 Å². The Morgan fingerprint density at radius 1 is 0.947 bits per heavy atom. The number of aryl methyl sites for hydroxylation is 2. The summed E-state index contributed by atoms with van der Waals surface area (Å²) in [5, 5.41) is 13.5. The topological polar surface area (TPSA) is 107 Å². The number of aromatic carboxylic acids is 1. The van der Waals surface area contributed by atoms with Gasteiger partial charge in [-0.2, -0.15) is 0 Å². The Labute approximate surface area is 217 Å². The van der Waals surface area contributed by atoms with Crippen LogP contribution in [0.4, 0.5) is 0 Å². The predicted octanol–water partition coefficient (Wildman–Crippen LogP) is 5.62. The molecular formula is C30H21N5O3. The van der Waals surface area contributed by atoms with E-state index in [-0.39, 0.29) is 5.56 Å². The second-order valence-corrected chi connectivity index (χ2v) is 9.41. The van der Waals surface area contributed by atoms with Gasteiger partial charge in [-0.25, -0.2) is 4.79 Å². The lowest BCUT2D eigenvalue weighted by Gasteiger charge is -2.19. The third kappa shape index (κ3) is 3.00. The van der Waals surface area contributed by atoms with Crippen molar-refractivity contribution in [1.29, 1.82) is 0 Å². The number of benzene rings is 1. The molecule has 8 heteroatoms. The second-order valence-electron chi connectivity index (χ2n) is 9.41. The van der Waals surface area contributed by atoms with Gasteiger partial charge in [0.05, 0.1) is 33.7 Å². The molecule has 0 saturated heterocycles. The summed E-state index contributed by atoms with van der Waals surface area (Å²) in [6.45, 7) is 3.81. The lowest BCUT2D eigenvalue weighted by Crippen LogP contribution is -2.23. The van der Waals surface area contributed by atoms with Gasteiger partial charge in [-0.05, 0) is 55.8 Å². The summed E-state index contributed by atoms with van der Waals surface area (Å²) in [4.78, 5) is 25.9. The summed E-state index contributed by atoms with van der Waals surface area (Å²) in [6, 6.07) is 18.9. The molecule has 184 valence electrons. The Balaban J connectivity index is 1.53. The molecule has 0 aliphatic heterocycles. The molecule has 0 radical (unpaired) electrons. The van der Waals surface area contributed by atoms with Crippen LogP contribution in [0, 0.1) is 13.8 Å². The Hall–Kier alpha value is -5.11. The van der Waals surface area contributed by atoms with E-state index < -0.39 is 11.5 Å². The minimum Gasteiger partial charge on any atom is -0.478 e. The molecule has 7 rings (SSSR count). The molecule has 8 nitrogen and oxygen atoms in total. The van der Waals surface area contributed by atoms with Gasteiger partial charge in [-0.1, -0.05) is 29.4 Å². The van der Waals surface area contributed by atoms with Crippen molar-refractivity contribution < 1.29 is 14.4 Å². The largest absolute Gasteiger partial charge is 0.478 e. The molecule has 0 amide bonds. The molecule has 0 fully saturated rings. The van der Waals surface area contributed by atoms with E-state index in [9.17, 15) is 9.90 Å². The number of aromatic nitrogens is 5. The average molecular weight is 500 g/mol. The Morgan fingerprint density at radius 3 is 2.42 bits per heavy atom. The monoisotopic (exact) mass is 499 g/mol. The van der Waals surface area contributed by atoms with Crippen LogP contribution in [0.25, 0.3) is 33.3 Å². The van der Waals surface area contributed by atoms with Crippen LogP contribution in [0.1, 0.15) is 38.8 Å². The fourth-order valence-electron chi connectivity index (χ4n) is 5.52. The van der Waals surface area contributed by atoms with Crippen molar-refractivity contribution in [2.45, 2.75) is 19.4 Å². The quantitative estimate of drug-likeness (QED) is 0.328. The molecule has 1 unspecified atom stereocenters. The lowest BCUT2D eigenvalue weighted by atomic mass is 10.0. The molecular weight excluding hydrogens is 478 g/mol. The first-order valence-electron chi connectivity index (χ1n) is 12.2. The summed E-state index contributed by atoms with van der Waals surface area (Å²) in [7, 11) is 0. The number of carboxylic acids is 1. The number of carbonyl (C=O) groups is 1. The molecule has 1 aromatic carbocycles. The number of hydrogen-bond donors (Lipinski definition) is 1. The zero-order valence-corrected chi connectivity index (χ0v) is 20.6. The van der Waals surface area contributed by atoms with E-state index in [1.165, 1.54) is 0 Å². The molecule has 5 heterocycles. The van der Waals surface area contributed by atoms with Crippen LogP contribution >= 0.6 is 0 Å². The number of pyridine rings is 3. The van der Waals surface area contributed by atoms with Crippen molar-refractivity contribution in [3.05, 3.63) is 119 Å². The van der Waals surface area contributed by atoms with E-state index in [1.807, 2.05) is 56.4 Å². The van der Waals surface area contributed by atoms with E-state index in [0.717, 1.165) is 61.7 Å². The lowest BCUT2D eigenvalue weighted by molar-refractivity contribution is 0.0697. The van der Waals surface area contributed by atoms with Crippen LogP contribution in [-0.4, -0.2) is 35.8 Å². The molecule has 6 aromatic rings. The van der Waals surface area contributed by atoms with Gasteiger partial charge in [0, 0.05) is 47.0 Å². The Morgan fingerprint density at radius 2 is 1.76 bits per heavy atom. The molecule has 1 N–H and O–H groups in total. The van der Waals surface area contributed by atoms with Crippen LogP contribution in [0.5, 0.6) is 0 Å². The van der Waals surface area contributed by atoms with E-state index in [1.54, 1.807) is 24.5 Å². The number of carboxylic acid groups (broad SMARTS) is 1. The fourth-order valence-corrected chi connectivity index (χ4v) is 5.52. The molecule has 5 aromatic heterocycles. The van der Waals surface area contributed by atoms with Gasteiger partial charge in [0.15, 0.2) is 5.54 Å². The zero-order chi connectivity index (χ0) is 26.0. The SMILES string of the molecule is Cc1noc(C)c1-c1cnc2c(-c3ccc(C(=O)O)cc3)cn(C3(c4ccccn4)c4cccnc43)c2c1. The maximum Gasteiger partial charge on any atom is 0.335 e. The van der Waals surface area contributed by atoms with E-state index >= 15 is 0 Å². The van der Waals surface area contributed by atoms with E-state index in [4.69, 9.17) is 19.5 Å². The van der Waals surface area contributed by atoms with Gasteiger partial charge in [0.25, 0.3) is 0 Å². The number of nitrogens with zero attached hydrogens (tertiary/aromatic N) is 5. The maximum absolute atomic E-state index is 11.4. The first-order chi connectivity index (χ1) is 18.5. The third-order valence-corrected chi connectivity index (χ3v) is 7.28.